The van der Waals surface area contributed by atoms with E-state index in [-0.39, 0.29) is 11.9 Å². The van der Waals surface area contributed by atoms with Gasteiger partial charge in [-0.25, -0.2) is 0 Å². The number of carbonyl (C=O) groups excluding carboxylic acids is 1. The van der Waals surface area contributed by atoms with Crippen LogP contribution in [0.25, 0.3) is 11.3 Å². The van der Waals surface area contributed by atoms with E-state index >= 15 is 0 Å². The highest BCUT2D eigenvalue weighted by molar-refractivity contribution is 6.36. The van der Waals surface area contributed by atoms with Crippen molar-refractivity contribution in [1.29, 1.82) is 0 Å². The molecule has 0 aliphatic heterocycles. The van der Waals surface area contributed by atoms with E-state index in [4.69, 9.17) is 23.2 Å². The molecule has 122 valence electrons. The monoisotopic (exact) mass is 359 g/mol. The van der Waals surface area contributed by atoms with Gasteiger partial charge < -0.3 is 5.32 Å². The number of carbonyl (C=O) groups is 1. The van der Waals surface area contributed by atoms with Crippen molar-refractivity contribution in [3.63, 3.8) is 0 Å². The van der Waals surface area contributed by atoms with E-state index in [9.17, 15) is 4.79 Å². The second-order valence-corrected chi connectivity index (χ2v) is 6.24. The first kappa shape index (κ1) is 16.6. The topological polar surface area (TPSA) is 57.8 Å². The summed E-state index contributed by atoms with van der Waals surface area (Å²) in [4.78, 5) is 12.4. The summed E-state index contributed by atoms with van der Waals surface area (Å²) in [6.07, 6.45) is 0. The zero-order valence-electron chi connectivity index (χ0n) is 12.9. The number of hydrogen-bond acceptors (Lipinski definition) is 2. The number of rotatable bonds is 4. The van der Waals surface area contributed by atoms with Crippen LogP contribution in [0.1, 0.15) is 29.0 Å². The quantitative estimate of drug-likeness (QED) is 0.697. The summed E-state index contributed by atoms with van der Waals surface area (Å²) in [6.45, 7) is 1.93. The van der Waals surface area contributed by atoms with Gasteiger partial charge in [-0.05, 0) is 36.8 Å². The van der Waals surface area contributed by atoms with Crippen molar-refractivity contribution in [2.75, 3.05) is 0 Å². The molecular weight excluding hydrogens is 345 g/mol. The van der Waals surface area contributed by atoms with Crippen molar-refractivity contribution in [3.05, 3.63) is 75.9 Å². The minimum atomic E-state index is -0.227. The fraction of sp³-hybridized carbons (Fsp3) is 0.111. The van der Waals surface area contributed by atoms with E-state index in [1.165, 1.54) is 0 Å². The minimum absolute atomic E-state index is 0.107. The summed E-state index contributed by atoms with van der Waals surface area (Å²) in [6, 6.07) is 16.5. The van der Waals surface area contributed by atoms with E-state index in [1.54, 1.807) is 24.3 Å². The maximum absolute atomic E-state index is 12.4. The number of aromatic nitrogens is 2. The molecule has 0 spiro atoms. The molecule has 1 aromatic heterocycles. The van der Waals surface area contributed by atoms with Gasteiger partial charge in [0.1, 0.15) is 5.69 Å². The predicted molar refractivity (Wildman–Crippen MR) is 96.4 cm³/mol. The third-order valence-corrected chi connectivity index (χ3v) is 4.22. The van der Waals surface area contributed by atoms with Gasteiger partial charge in [0.05, 0.1) is 16.8 Å². The van der Waals surface area contributed by atoms with Crippen molar-refractivity contribution in [2.24, 2.45) is 0 Å². The Morgan fingerprint density at radius 1 is 1.12 bits per heavy atom. The second-order valence-electron chi connectivity index (χ2n) is 5.40. The Morgan fingerprint density at radius 2 is 1.88 bits per heavy atom. The molecule has 24 heavy (non-hydrogen) atoms. The molecule has 0 saturated carbocycles. The van der Waals surface area contributed by atoms with Crippen LogP contribution < -0.4 is 5.32 Å². The molecule has 6 heteroatoms. The summed E-state index contributed by atoms with van der Waals surface area (Å²) in [7, 11) is 0. The van der Waals surface area contributed by atoms with Crippen LogP contribution in [-0.4, -0.2) is 16.1 Å². The number of benzene rings is 2. The molecule has 0 aliphatic rings. The van der Waals surface area contributed by atoms with Gasteiger partial charge in [0.15, 0.2) is 0 Å². The lowest BCUT2D eigenvalue weighted by atomic mass is 10.1. The first-order chi connectivity index (χ1) is 11.5. The highest BCUT2D eigenvalue weighted by atomic mass is 35.5. The molecule has 2 aromatic carbocycles. The van der Waals surface area contributed by atoms with Gasteiger partial charge in [-0.15, -0.1) is 0 Å². The molecule has 3 aromatic rings. The summed E-state index contributed by atoms with van der Waals surface area (Å²) in [5.74, 6) is -0.227. The van der Waals surface area contributed by atoms with E-state index in [2.05, 4.69) is 15.5 Å². The summed E-state index contributed by atoms with van der Waals surface area (Å²) in [5, 5.41) is 10.9. The fourth-order valence-electron chi connectivity index (χ4n) is 2.37. The van der Waals surface area contributed by atoms with Gasteiger partial charge in [0.2, 0.25) is 0 Å². The van der Waals surface area contributed by atoms with Crippen LogP contribution in [0.5, 0.6) is 0 Å². The van der Waals surface area contributed by atoms with Gasteiger partial charge in [0, 0.05) is 10.6 Å². The third-order valence-electron chi connectivity index (χ3n) is 3.68. The standard InChI is InChI=1S/C18H15Cl2N3O/c1-11(12-5-3-2-4-6-12)21-18(24)17-10-16(22-23-17)14-8-7-13(19)9-15(14)20/h2-11H,1H3,(H,21,24)(H,22,23). The molecule has 0 aliphatic carbocycles. The van der Waals surface area contributed by atoms with E-state index in [1.807, 2.05) is 37.3 Å². The summed E-state index contributed by atoms with van der Waals surface area (Å²) < 4.78 is 0. The van der Waals surface area contributed by atoms with Crippen molar-refractivity contribution >= 4 is 29.1 Å². The lowest BCUT2D eigenvalue weighted by molar-refractivity contribution is 0.0935. The number of nitrogens with one attached hydrogen (secondary N) is 2. The third kappa shape index (κ3) is 3.61. The van der Waals surface area contributed by atoms with Crippen LogP contribution >= 0.6 is 23.2 Å². The Hall–Kier alpha value is -2.30. The molecule has 0 saturated heterocycles. The lowest BCUT2D eigenvalue weighted by Gasteiger charge is -2.13. The number of amides is 1. The van der Waals surface area contributed by atoms with Gasteiger partial charge >= 0.3 is 0 Å². The van der Waals surface area contributed by atoms with Crippen LogP contribution in [0.4, 0.5) is 0 Å². The Morgan fingerprint density at radius 3 is 2.58 bits per heavy atom. The van der Waals surface area contributed by atoms with E-state index in [0.717, 1.165) is 5.56 Å². The molecule has 1 unspecified atom stereocenters. The number of aromatic amines is 1. The number of nitrogens with zero attached hydrogens (tertiary/aromatic N) is 1. The zero-order valence-corrected chi connectivity index (χ0v) is 14.4. The highest BCUT2D eigenvalue weighted by Gasteiger charge is 2.15. The van der Waals surface area contributed by atoms with Gasteiger partial charge in [0.25, 0.3) is 5.91 Å². The lowest BCUT2D eigenvalue weighted by Crippen LogP contribution is -2.26. The van der Waals surface area contributed by atoms with Gasteiger partial charge in [-0.3, -0.25) is 9.89 Å². The number of halogens is 2. The molecule has 0 fully saturated rings. The SMILES string of the molecule is CC(NC(=O)c1cc(-c2ccc(Cl)cc2Cl)n[nH]1)c1ccccc1. The second kappa shape index (κ2) is 7.07. The molecule has 4 nitrogen and oxygen atoms in total. The zero-order chi connectivity index (χ0) is 17.1. The Bertz CT molecular complexity index is 862. The average Bonchev–Trinajstić information content (AvgIpc) is 3.05. The average molecular weight is 360 g/mol. The molecule has 1 heterocycles. The molecule has 1 atom stereocenters. The van der Waals surface area contributed by atoms with Crippen molar-refractivity contribution in [2.45, 2.75) is 13.0 Å². The number of hydrogen-bond donors (Lipinski definition) is 2. The molecule has 1 amide bonds. The summed E-state index contributed by atoms with van der Waals surface area (Å²) in [5.41, 5.74) is 2.71. The minimum Gasteiger partial charge on any atom is -0.344 e. The van der Waals surface area contributed by atoms with Crippen LogP contribution in [0, 0.1) is 0 Å². The Balaban J connectivity index is 1.76. The highest BCUT2D eigenvalue weighted by Crippen LogP contribution is 2.29. The van der Waals surface area contributed by atoms with Gasteiger partial charge in [-0.1, -0.05) is 53.5 Å². The predicted octanol–water partition coefficient (Wildman–Crippen LogP) is 4.87. The number of H-pyrrole nitrogens is 1. The first-order valence-electron chi connectivity index (χ1n) is 7.41. The van der Waals surface area contributed by atoms with Crippen molar-refractivity contribution < 1.29 is 4.79 Å². The van der Waals surface area contributed by atoms with Crippen molar-refractivity contribution in [3.8, 4) is 11.3 Å². The maximum Gasteiger partial charge on any atom is 0.269 e. The normalized spacial score (nSPS) is 12.0. The molecule has 2 N–H and O–H groups in total. The first-order valence-corrected chi connectivity index (χ1v) is 8.17. The maximum atomic E-state index is 12.4. The Kier molecular flexibility index (Phi) is 4.88. The van der Waals surface area contributed by atoms with Crippen LogP contribution in [-0.2, 0) is 0 Å². The van der Waals surface area contributed by atoms with Crippen LogP contribution in [0.15, 0.2) is 54.6 Å². The van der Waals surface area contributed by atoms with E-state index in [0.29, 0.717) is 27.0 Å². The largest absolute Gasteiger partial charge is 0.344 e. The molecule has 0 radical (unpaired) electrons. The molecule has 3 rings (SSSR count). The van der Waals surface area contributed by atoms with Gasteiger partial charge in [-0.2, -0.15) is 5.10 Å². The van der Waals surface area contributed by atoms with E-state index < -0.39 is 0 Å². The molecular formula is C18H15Cl2N3O. The fourth-order valence-corrected chi connectivity index (χ4v) is 2.88. The van der Waals surface area contributed by atoms with Crippen molar-refractivity contribution in [1.82, 2.24) is 15.5 Å². The Labute approximate surface area is 149 Å². The smallest absolute Gasteiger partial charge is 0.269 e. The van der Waals surface area contributed by atoms with Crippen LogP contribution in [0.3, 0.4) is 0 Å². The van der Waals surface area contributed by atoms with Crippen LogP contribution in [0.2, 0.25) is 10.0 Å². The molecule has 0 bridgehead atoms. The summed E-state index contributed by atoms with van der Waals surface area (Å²) >= 11 is 12.1.